The van der Waals surface area contributed by atoms with Crippen molar-refractivity contribution in [1.82, 2.24) is 14.5 Å². The number of hydrogen-bond donors (Lipinski definition) is 1. The molecule has 1 unspecified atom stereocenters. The number of benzene rings is 1. The molecule has 1 aliphatic heterocycles. The number of carbonyl (C=O) groups is 1. The van der Waals surface area contributed by atoms with Crippen LogP contribution in [0, 0.1) is 0 Å². The molecule has 3 rings (SSSR count). The van der Waals surface area contributed by atoms with Gasteiger partial charge in [0.25, 0.3) is 0 Å². The monoisotopic (exact) mass is 301 g/mol. The quantitative estimate of drug-likeness (QED) is 0.891. The van der Waals surface area contributed by atoms with Crippen molar-refractivity contribution in [3.05, 3.63) is 30.1 Å². The highest BCUT2D eigenvalue weighted by atomic mass is 16.4. The molecule has 1 aromatic carbocycles. The van der Waals surface area contributed by atoms with Gasteiger partial charge in [-0.1, -0.05) is 12.1 Å². The largest absolute Gasteiger partial charge is 0.481 e. The Morgan fingerprint density at radius 1 is 1.41 bits per heavy atom. The van der Waals surface area contributed by atoms with Gasteiger partial charge >= 0.3 is 5.97 Å². The van der Waals surface area contributed by atoms with Crippen molar-refractivity contribution in [3.8, 4) is 0 Å². The van der Waals surface area contributed by atoms with Crippen molar-refractivity contribution in [1.29, 1.82) is 0 Å². The van der Waals surface area contributed by atoms with E-state index in [0.29, 0.717) is 12.5 Å². The number of fused-ring (bicyclic) bond motifs is 1. The summed E-state index contributed by atoms with van der Waals surface area (Å²) in [6.45, 7) is 4.94. The summed E-state index contributed by atoms with van der Waals surface area (Å²) in [6.07, 6.45) is 3.21. The molecule has 5 heteroatoms. The Kier molecular flexibility index (Phi) is 4.43. The Bertz CT molecular complexity index is 665. The van der Waals surface area contributed by atoms with Crippen LogP contribution in [0.15, 0.2) is 24.3 Å². The van der Waals surface area contributed by atoms with Gasteiger partial charge in [0.05, 0.1) is 17.1 Å². The number of aliphatic carboxylic acids is 1. The topological polar surface area (TPSA) is 58.4 Å². The maximum Gasteiger partial charge on any atom is 0.303 e. The second-order valence-corrected chi connectivity index (χ2v) is 5.89. The second kappa shape index (κ2) is 6.48. The first-order valence-electron chi connectivity index (χ1n) is 8.11. The Labute approximate surface area is 130 Å². The number of imidazole rings is 1. The molecule has 1 saturated heterocycles. The van der Waals surface area contributed by atoms with E-state index in [-0.39, 0.29) is 6.42 Å². The van der Waals surface area contributed by atoms with Crippen LogP contribution in [0.1, 0.15) is 44.5 Å². The predicted molar refractivity (Wildman–Crippen MR) is 85.8 cm³/mol. The molecule has 1 aromatic heterocycles. The first kappa shape index (κ1) is 15.0. The summed E-state index contributed by atoms with van der Waals surface area (Å²) in [5.41, 5.74) is 2.24. The Morgan fingerprint density at radius 2 is 2.23 bits per heavy atom. The van der Waals surface area contributed by atoms with E-state index in [1.54, 1.807) is 0 Å². The predicted octanol–water partition coefficient (Wildman–Crippen LogP) is 3.06. The van der Waals surface area contributed by atoms with Gasteiger partial charge in [0, 0.05) is 13.0 Å². The maximum atomic E-state index is 10.7. The second-order valence-electron chi connectivity index (χ2n) is 5.89. The summed E-state index contributed by atoms with van der Waals surface area (Å²) in [4.78, 5) is 18.0. The zero-order chi connectivity index (χ0) is 15.5. The van der Waals surface area contributed by atoms with E-state index in [1.807, 2.05) is 6.07 Å². The first-order valence-corrected chi connectivity index (χ1v) is 8.11. The van der Waals surface area contributed by atoms with E-state index in [0.717, 1.165) is 43.8 Å². The van der Waals surface area contributed by atoms with Crippen LogP contribution < -0.4 is 0 Å². The van der Waals surface area contributed by atoms with Crippen LogP contribution >= 0.6 is 0 Å². The van der Waals surface area contributed by atoms with Crippen LogP contribution in [-0.2, 0) is 11.3 Å². The minimum Gasteiger partial charge on any atom is -0.481 e. The van der Waals surface area contributed by atoms with Gasteiger partial charge < -0.3 is 9.67 Å². The third-order valence-electron chi connectivity index (χ3n) is 4.50. The van der Waals surface area contributed by atoms with Crippen molar-refractivity contribution in [2.24, 2.45) is 0 Å². The van der Waals surface area contributed by atoms with E-state index in [1.165, 1.54) is 5.52 Å². The van der Waals surface area contributed by atoms with Gasteiger partial charge in [0.15, 0.2) is 0 Å². The Hall–Kier alpha value is -1.88. The molecule has 0 amide bonds. The molecule has 0 saturated carbocycles. The fraction of sp³-hybridized carbons (Fsp3) is 0.529. The lowest BCUT2D eigenvalue weighted by Crippen LogP contribution is -2.27. The number of aryl methyl sites for hydroxylation is 1. The lowest BCUT2D eigenvalue weighted by Gasteiger charge is -2.24. The van der Waals surface area contributed by atoms with Crippen LogP contribution in [0.5, 0.6) is 0 Å². The third kappa shape index (κ3) is 2.86. The van der Waals surface area contributed by atoms with Gasteiger partial charge in [0.2, 0.25) is 0 Å². The lowest BCUT2D eigenvalue weighted by molar-refractivity contribution is -0.137. The number of carboxylic acids is 1. The number of rotatable bonds is 6. The number of para-hydroxylation sites is 2. The average molecular weight is 301 g/mol. The van der Waals surface area contributed by atoms with Gasteiger partial charge in [-0.15, -0.1) is 0 Å². The van der Waals surface area contributed by atoms with Crippen LogP contribution in [0.25, 0.3) is 11.0 Å². The molecular formula is C17H23N3O2. The first-order chi connectivity index (χ1) is 10.7. The molecule has 1 N–H and O–H groups in total. The SMILES string of the molecule is CCn1c(C2CCCN2CCCC(=O)O)nc2ccccc21. The minimum absolute atomic E-state index is 0.243. The third-order valence-corrected chi connectivity index (χ3v) is 4.50. The highest BCUT2D eigenvalue weighted by Gasteiger charge is 2.29. The normalized spacial score (nSPS) is 19.0. The van der Waals surface area contributed by atoms with Gasteiger partial charge in [-0.05, 0) is 51.4 Å². The molecule has 2 heterocycles. The van der Waals surface area contributed by atoms with E-state index < -0.39 is 5.97 Å². The van der Waals surface area contributed by atoms with Crippen molar-refractivity contribution in [2.45, 2.75) is 45.2 Å². The minimum atomic E-state index is -0.712. The Balaban J connectivity index is 1.84. The van der Waals surface area contributed by atoms with E-state index in [9.17, 15) is 4.79 Å². The van der Waals surface area contributed by atoms with E-state index in [2.05, 4.69) is 34.6 Å². The fourth-order valence-electron chi connectivity index (χ4n) is 3.50. The summed E-state index contributed by atoms with van der Waals surface area (Å²) in [5.74, 6) is 0.424. The zero-order valence-corrected chi connectivity index (χ0v) is 13.0. The van der Waals surface area contributed by atoms with Crippen LogP contribution in [0.2, 0.25) is 0 Å². The summed E-state index contributed by atoms with van der Waals surface area (Å²) in [6, 6.07) is 8.59. The molecule has 1 atom stereocenters. The average Bonchev–Trinajstić information content (AvgIpc) is 3.09. The molecule has 0 spiro atoms. The van der Waals surface area contributed by atoms with Crippen LogP contribution in [0.4, 0.5) is 0 Å². The smallest absolute Gasteiger partial charge is 0.303 e. The van der Waals surface area contributed by atoms with Crippen molar-refractivity contribution in [3.63, 3.8) is 0 Å². The molecule has 0 aliphatic carbocycles. The number of hydrogen-bond acceptors (Lipinski definition) is 3. The lowest BCUT2D eigenvalue weighted by atomic mass is 10.2. The summed E-state index contributed by atoms with van der Waals surface area (Å²) < 4.78 is 2.30. The highest BCUT2D eigenvalue weighted by molar-refractivity contribution is 5.76. The number of aromatic nitrogens is 2. The summed E-state index contributed by atoms with van der Waals surface area (Å²) in [5, 5.41) is 8.81. The summed E-state index contributed by atoms with van der Waals surface area (Å²) >= 11 is 0. The molecular weight excluding hydrogens is 278 g/mol. The fourth-order valence-corrected chi connectivity index (χ4v) is 3.50. The maximum absolute atomic E-state index is 10.7. The molecule has 1 aliphatic rings. The zero-order valence-electron chi connectivity index (χ0n) is 13.0. The highest BCUT2D eigenvalue weighted by Crippen LogP contribution is 2.33. The molecule has 118 valence electrons. The number of nitrogens with zero attached hydrogens (tertiary/aromatic N) is 3. The molecule has 1 fully saturated rings. The van der Waals surface area contributed by atoms with Crippen molar-refractivity contribution < 1.29 is 9.90 Å². The van der Waals surface area contributed by atoms with Crippen molar-refractivity contribution >= 4 is 17.0 Å². The van der Waals surface area contributed by atoms with Crippen LogP contribution in [-0.4, -0.2) is 38.6 Å². The van der Waals surface area contributed by atoms with E-state index in [4.69, 9.17) is 10.1 Å². The molecule has 2 aromatic rings. The van der Waals surface area contributed by atoms with E-state index >= 15 is 0 Å². The van der Waals surface area contributed by atoms with Gasteiger partial charge in [-0.2, -0.15) is 0 Å². The summed E-state index contributed by atoms with van der Waals surface area (Å²) in [7, 11) is 0. The van der Waals surface area contributed by atoms with Gasteiger partial charge in [-0.3, -0.25) is 9.69 Å². The van der Waals surface area contributed by atoms with Gasteiger partial charge in [-0.25, -0.2) is 4.98 Å². The molecule has 0 radical (unpaired) electrons. The standard InChI is InChI=1S/C17H23N3O2/c1-2-20-14-8-4-3-7-13(14)18-17(20)15-9-5-11-19(15)12-6-10-16(21)22/h3-4,7-8,15H,2,5-6,9-12H2,1H3,(H,21,22). The molecule has 22 heavy (non-hydrogen) atoms. The van der Waals surface area contributed by atoms with Gasteiger partial charge in [0.1, 0.15) is 5.82 Å². The van der Waals surface area contributed by atoms with Crippen molar-refractivity contribution in [2.75, 3.05) is 13.1 Å². The number of carboxylic acid groups (broad SMARTS) is 1. The Morgan fingerprint density at radius 3 is 3.00 bits per heavy atom. The molecule has 0 bridgehead atoms. The molecule has 5 nitrogen and oxygen atoms in total. The number of likely N-dealkylation sites (tertiary alicyclic amines) is 1. The van der Waals surface area contributed by atoms with Crippen LogP contribution in [0.3, 0.4) is 0 Å².